The SMILES string of the molecule is NC(=O)c1ccc(-c2cccnc2)cc1C1CCCCC1. The number of benzene rings is 1. The molecule has 1 aliphatic rings. The average molecular weight is 280 g/mol. The second-order valence-corrected chi connectivity index (χ2v) is 5.74. The minimum Gasteiger partial charge on any atom is -0.366 e. The first-order valence-corrected chi connectivity index (χ1v) is 7.60. The van der Waals surface area contributed by atoms with Crippen molar-refractivity contribution in [3.63, 3.8) is 0 Å². The van der Waals surface area contributed by atoms with E-state index in [1.807, 2.05) is 30.5 Å². The van der Waals surface area contributed by atoms with E-state index in [-0.39, 0.29) is 5.91 Å². The Kier molecular flexibility index (Phi) is 4.00. The second kappa shape index (κ2) is 6.08. The lowest BCUT2D eigenvalue weighted by Gasteiger charge is -2.24. The highest BCUT2D eigenvalue weighted by Crippen LogP contribution is 2.36. The first-order valence-electron chi connectivity index (χ1n) is 7.60. The quantitative estimate of drug-likeness (QED) is 0.927. The third kappa shape index (κ3) is 2.97. The van der Waals surface area contributed by atoms with Gasteiger partial charge in [-0.3, -0.25) is 9.78 Å². The summed E-state index contributed by atoms with van der Waals surface area (Å²) in [5.41, 5.74) is 9.53. The van der Waals surface area contributed by atoms with Crippen LogP contribution in [0.5, 0.6) is 0 Å². The van der Waals surface area contributed by atoms with Gasteiger partial charge in [-0.05, 0) is 47.6 Å². The second-order valence-electron chi connectivity index (χ2n) is 5.74. The van der Waals surface area contributed by atoms with Crippen LogP contribution in [0.25, 0.3) is 11.1 Å². The van der Waals surface area contributed by atoms with Crippen molar-refractivity contribution < 1.29 is 4.79 Å². The predicted octanol–water partition coefficient (Wildman–Crippen LogP) is 3.90. The Balaban J connectivity index is 2.03. The van der Waals surface area contributed by atoms with E-state index in [1.54, 1.807) is 6.20 Å². The van der Waals surface area contributed by atoms with Crippen molar-refractivity contribution in [2.75, 3.05) is 0 Å². The van der Waals surface area contributed by atoms with Gasteiger partial charge in [0.1, 0.15) is 0 Å². The molecule has 0 saturated heterocycles. The molecule has 3 rings (SSSR count). The van der Waals surface area contributed by atoms with Crippen molar-refractivity contribution in [2.24, 2.45) is 5.73 Å². The van der Waals surface area contributed by atoms with Crippen molar-refractivity contribution in [3.05, 3.63) is 53.9 Å². The summed E-state index contributed by atoms with van der Waals surface area (Å²) in [6, 6.07) is 9.93. The number of carbonyl (C=O) groups excluding carboxylic acids is 1. The molecule has 1 aromatic heterocycles. The van der Waals surface area contributed by atoms with E-state index in [4.69, 9.17) is 5.73 Å². The van der Waals surface area contributed by atoms with E-state index < -0.39 is 0 Å². The van der Waals surface area contributed by atoms with Gasteiger partial charge in [-0.1, -0.05) is 37.5 Å². The maximum absolute atomic E-state index is 11.7. The molecule has 2 N–H and O–H groups in total. The maximum atomic E-state index is 11.7. The summed E-state index contributed by atoms with van der Waals surface area (Å²) in [5, 5.41) is 0. The van der Waals surface area contributed by atoms with E-state index in [2.05, 4.69) is 11.1 Å². The number of pyridine rings is 1. The fourth-order valence-corrected chi connectivity index (χ4v) is 3.25. The number of nitrogens with two attached hydrogens (primary N) is 1. The van der Waals surface area contributed by atoms with Crippen molar-refractivity contribution >= 4 is 5.91 Å². The molecule has 2 aromatic rings. The van der Waals surface area contributed by atoms with Crippen LogP contribution in [0.3, 0.4) is 0 Å². The van der Waals surface area contributed by atoms with Crippen LogP contribution in [0.2, 0.25) is 0 Å². The highest BCUT2D eigenvalue weighted by atomic mass is 16.1. The molecule has 0 atom stereocenters. The largest absolute Gasteiger partial charge is 0.366 e. The standard InChI is InChI=1S/C18H20N2O/c19-18(21)16-9-8-14(15-7-4-10-20-12-15)11-17(16)13-5-2-1-3-6-13/h4,7-13H,1-3,5-6H2,(H2,19,21). The summed E-state index contributed by atoms with van der Waals surface area (Å²) >= 11 is 0. The number of aromatic nitrogens is 1. The first-order chi connectivity index (χ1) is 10.3. The molecule has 0 spiro atoms. The Bertz CT molecular complexity index is 631. The van der Waals surface area contributed by atoms with Gasteiger partial charge in [0.15, 0.2) is 0 Å². The number of hydrogen-bond acceptors (Lipinski definition) is 2. The number of carbonyl (C=O) groups is 1. The molecular weight excluding hydrogens is 260 g/mol. The molecule has 0 radical (unpaired) electrons. The number of amides is 1. The molecule has 1 fully saturated rings. The molecular formula is C18H20N2O. The van der Waals surface area contributed by atoms with Gasteiger partial charge in [-0.2, -0.15) is 0 Å². The van der Waals surface area contributed by atoms with Crippen LogP contribution in [0, 0.1) is 0 Å². The van der Waals surface area contributed by atoms with Crippen LogP contribution < -0.4 is 5.73 Å². The van der Waals surface area contributed by atoms with Crippen LogP contribution in [-0.2, 0) is 0 Å². The van der Waals surface area contributed by atoms with Gasteiger partial charge < -0.3 is 5.73 Å². The van der Waals surface area contributed by atoms with Crippen LogP contribution in [0.4, 0.5) is 0 Å². The fraction of sp³-hybridized carbons (Fsp3) is 0.333. The van der Waals surface area contributed by atoms with Crippen molar-refractivity contribution in [1.29, 1.82) is 0 Å². The summed E-state index contributed by atoms with van der Waals surface area (Å²) in [7, 11) is 0. The molecule has 1 saturated carbocycles. The normalized spacial score (nSPS) is 15.8. The van der Waals surface area contributed by atoms with Gasteiger partial charge in [0.05, 0.1) is 0 Å². The molecule has 3 heteroatoms. The molecule has 0 unspecified atom stereocenters. The van der Waals surface area contributed by atoms with Crippen molar-refractivity contribution in [3.8, 4) is 11.1 Å². The van der Waals surface area contributed by atoms with Crippen LogP contribution >= 0.6 is 0 Å². The van der Waals surface area contributed by atoms with Gasteiger partial charge in [0.25, 0.3) is 0 Å². The molecule has 3 nitrogen and oxygen atoms in total. The third-order valence-corrected chi connectivity index (χ3v) is 4.36. The average Bonchev–Trinajstić information content (AvgIpc) is 2.56. The number of primary amides is 1. The molecule has 1 heterocycles. The first kappa shape index (κ1) is 13.8. The predicted molar refractivity (Wildman–Crippen MR) is 84.0 cm³/mol. The summed E-state index contributed by atoms with van der Waals surface area (Å²) in [4.78, 5) is 15.9. The number of hydrogen-bond donors (Lipinski definition) is 1. The van der Waals surface area contributed by atoms with Gasteiger partial charge in [-0.25, -0.2) is 0 Å². The number of nitrogens with zero attached hydrogens (tertiary/aromatic N) is 1. The van der Waals surface area contributed by atoms with Crippen molar-refractivity contribution in [2.45, 2.75) is 38.0 Å². The maximum Gasteiger partial charge on any atom is 0.248 e. The Morgan fingerprint density at radius 2 is 1.90 bits per heavy atom. The molecule has 1 aromatic carbocycles. The summed E-state index contributed by atoms with van der Waals surface area (Å²) in [6.07, 6.45) is 9.69. The van der Waals surface area contributed by atoms with Crippen LogP contribution in [-0.4, -0.2) is 10.9 Å². The van der Waals surface area contributed by atoms with Gasteiger partial charge in [-0.15, -0.1) is 0 Å². The lowest BCUT2D eigenvalue weighted by Crippen LogP contribution is -2.17. The molecule has 0 bridgehead atoms. The molecule has 21 heavy (non-hydrogen) atoms. The molecule has 1 aliphatic carbocycles. The van der Waals surface area contributed by atoms with E-state index in [9.17, 15) is 4.79 Å². The topological polar surface area (TPSA) is 56.0 Å². The summed E-state index contributed by atoms with van der Waals surface area (Å²) in [6.45, 7) is 0. The van der Waals surface area contributed by atoms with E-state index in [1.165, 1.54) is 19.3 Å². The monoisotopic (exact) mass is 280 g/mol. The summed E-state index contributed by atoms with van der Waals surface area (Å²) < 4.78 is 0. The number of rotatable bonds is 3. The minimum atomic E-state index is -0.326. The minimum absolute atomic E-state index is 0.326. The van der Waals surface area contributed by atoms with E-state index >= 15 is 0 Å². The Morgan fingerprint density at radius 3 is 2.57 bits per heavy atom. The lowest BCUT2D eigenvalue weighted by atomic mass is 9.81. The highest BCUT2D eigenvalue weighted by molar-refractivity contribution is 5.95. The van der Waals surface area contributed by atoms with Crippen LogP contribution in [0.15, 0.2) is 42.7 Å². The van der Waals surface area contributed by atoms with Gasteiger partial charge in [0, 0.05) is 18.0 Å². The van der Waals surface area contributed by atoms with Gasteiger partial charge >= 0.3 is 0 Å². The lowest BCUT2D eigenvalue weighted by molar-refractivity contribution is 0.0998. The Morgan fingerprint density at radius 1 is 1.10 bits per heavy atom. The molecule has 0 aliphatic heterocycles. The smallest absolute Gasteiger partial charge is 0.248 e. The van der Waals surface area contributed by atoms with Gasteiger partial charge in [0.2, 0.25) is 5.91 Å². The third-order valence-electron chi connectivity index (χ3n) is 4.36. The zero-order chi connectivity index (χ0) is 14.7. The van der Waals surface area contributed by atoms with Crippen molar-refractivity contribution in [1.82, 2.24) is 4.98 Å². The Hall–Kier alpha value is -2.16. The molecule has 108 valence electrons. The zero-order valence-corrected chi connectivity index (χ0v) is 12.1. The summed E-state index contributed by atoms with van der Waals surface area (Å²) in [5.74, 6) is 0.131. The van der Waals surface area contributed by atoms with E-state index in [0.29, 0.717) is 11.5 Å². The molecule has 1 amide bonds. The van der Waals surface area contributed by atoms with E-state index in [0.717, 1.165) is 29.5 Å². The van der Waals surface area contributed by atoms with Crippen LogP contribution in [0.1, 0.15) is 53.9 Å². The fourth-order valence-electron chi connectivity index (χ4n) is 3.25. The highest BCUT2D eigenvalue weighted by Gasteiger charge is 2.21. The zero-order valence-electron chi connectivity index (χ0n) is 12.1. The Labute approximate surface area is 125 Å².